The fraction of sp³-hybridized carbons (Fsp3) is 0.556. The maximum absolute atomic E-state index is 12.7. The zero-order valence-electron chi connectivity index (χ0n) is 14.3. The van der Waals surface area contributed by atoms with Gasteiger partial charge in [-0.1, -0.05) is 24.3 Å². The largest absolute Gasteiger partial charge is 0.370 e. The van der Waals surface area contributed by atoms with E-state index in [1.54, 1.807) is 4.90 Å². The zero-order valence-corrected chi connectivity index (χ0v) is 14.3. The molecule has 2 unspecified atom stereocenters. The molecule has 0 spiro atoms. The maximum atomic E-state index is 12.7. The van der Waals surface area contributed by atoms with Crippen LogP contribution in [-0.4, -0.2) is 67.0 Å². The second kappa shape index (κ2) is 7.32. The summed E-state index contributed by atoms with van der Waals surface area (Å²) in [6.45, 7) is 6.90. The van der Waals surface area contributed by atoms with Gasteiger partial charge in [0.25, 0.3) is 0 Å². The summed E-state index contributed by atoms with van der Waals surface area (Å²) in [6, 6.07) is 8.13. The Morgan fingerprint density at radius 3 is 2.92 bits per heavy atom. The molecular weight excluding hydrogens is 306 g/mol. The highest BCUT2D eigenvalue weighted by molar-refractivity contribution is 5.86. The number of hydrogen-bond acceptors (Lipinski definition) is 4. The van der Waals surface area contributed by atoms with E-state index in [0.717, 1.165) is 12.1 Å². The van der Waals surface area contributed by atoms with Crippen LogP contribution in [0.4, 0.5) is 0 Å². The summed E-state index contributed by atoms with van der Waals surface area (Å²) in [4.78, 5) is 28.1. The molecule has 0 radical (unpaired) electrons. The molecule has 0 bridgehead atoms. The number of ether oxygens (including phenoxy) is 1. The number of piperazine rings is 1. The second-order valence-electron chi connectivity index (χ2n) is 6.57. The lowest BCUT2D eigenvalue weighted by Gasteiger charge is -2.40. The molecule has 0 saturated carbocycles. The molecule has 2 fully saturated rings. The van der Waals surface area contributed by atoms with E-state index in [1.807, 2.05) is 24.0 Å². The number of carbonyl (C=O) groups excluding carboxylic acids is 2. The van der Waals surface area contributed by atoms with E-state index in [2.05, 4.69) is 24.4 Å². The number of morpholine rings is 1. The number of nitrogens with one attached hydrogen (secondary N) is 1. The Morgan fingerprint density at radius 1 is 1.38 bits per heavy atom. The molecule has 2 heterocycles. The van der Waals surface area contributed by atoms with Crippen molar-refractivity contribution in [2.24, 2.45) is 0 Å². The van der Waals surface area contributed by atoms with Crippen molar-refractivity contribution in [3.05, 3.63) is 35.4 Å². The first-order chi connectivity index (χ1) is 11.6. The lowest BCUT2D eigenvalue weighted by Crippen LogP contribution is -2.55. The minimum Gasteiger partial charge on any atom is -0.370 e. The van der Waals surface area contributed by atoms with Crippen molar-refractivity contribution in [2.45, 2.75) is 26.0 Å². The highest BCUT2D eigenvalue weighted by Gasteiger charge is 2.32. The van der Waals surface area contributed by atoms with Crippen LogP contribution >= 0.6 is 0 Å². The summed E-state index contributed by atoms with van der Waals surface area (Å²) >= 11 is 0. The number of benzene rings is 1. The van der Waals surface area contributed by atoms with Gasteiger partial charge in [-0.05, 0) is 25.0 Å². The standard InChI is InChI=1S/C18H25N3O3/c1-13-5-3-4-6-15(13)16-10-21(14(2)12-24-16)18(23)11-20-8-7-19-9-17(20)22/h3-6,14,16,19H,7-12H2,1-2H3. The van der Waals surface area contributed by atoms with E-state index in [1.165, 1.54) is 5.56 Å². The third-order valence-electron chi connectivity index (χ3n) is 4.80. The van der Waals surface area contributed by atoms with Gasteiger partial charge in [0.15, 0.2) is 0 Å². The monoisotopic (exact) mass is 331 g/mol. The molecule has 2 saturated heterocycles. The molecule has 6 nitrogen and oxygen atoms in total. The Kier molecular flexibility index (Phi) is 5.16. The summed E-state index contributed by atoms with van der Waals surface area (Å²) in [5, 5.41) is 3.02. The summed E-state index contributed by atoms with van der Waals surface area (Å²) in [5.41, 5.74) is 2.29. The summed E-state index contributed by atoms with van der Waals surface area (Å²) in [7, 11) is 0. The predicted molar refractivity (Wildman–Crippen MR) is 90.5 cm³/mol. The Labute approximate surface area is 142 Å². The van der Waals surface area contributed by atoms with Crippen molar-refractivity contribution in [1.29, 1.82) is 0 Å². The first-order valence-corrected chi connectivity index (χ1v) is 8.51. The fourth-order valence-electron chi connectivity index (χ4n) is 3.31. The third-order valence-corrected chi connectivity index (χ3v) is 4.80. The van der Waals surface area contributed by atoms with Crippen molar-refractivity contribution < 1.29 is 14.3 Å². The SMILES string of the molecule is Cc1ccccc1C1CN(C(=O)CN2CCNCC2=O)C(C)CO1. The summed E-state index contributed by atoms with van der Waals surface area (Å²) < 4.78 is 5.96. The minimum atomic E-state index is -0.106. The Morgan fingerprint density at radius 2 is 2.17 bits per heavy atom. The molecule has 130 valence electrons. The molecular formula is C18H25N3O3. The molecule has 2 aliphatic heterocycles. The van der Waals surface area contributed by atoms with Crippen LogP contribution in [0.1, 0.15) is 24.2 Å². The molecule has 3 rings (SSSR count). The van der Waals surface area contributed by atoms with Gasteiger partial charge in [0.05, 0.1) is 32.3 Å². The van der Waals surface area contributed by atoms with Crippen LogP contribution in [0.5, 0.6) is 0 Å². The molecule has 2 amide bonds. The van der Waals surface area contributed by atoms with Gasteiger partial charge in [-0.15, -0.1) is 0 Å². The Bertz CT molecular complexity index is 619. The Hall–Kier alpha value is -1.92. The van der Waals surface area contributed by atoms with Gasteiger partial charge in [-0.25, -0.2) is 0 Å². The van der Waals surface area contributed by atoms with Gasteiger partial charge < -0.3 is 19.9 Å². The van der Waals surface area contributed by atoms with Crippen LogP contribution < -0.4 is 5.32 Å². The predicted octanol–water partition coefficient (Wildman–Crippen LogP) is 0.715. The van der Waals surface area contributed by atoms with Crippen molar-refractivity contribution in [3.8, 4) is 0 Å². The van der Waals surface area contributed by atoms with Crippen LogP contribution in [0.25, 0.3) is 0 Å². The summed E-state index contributed by atoms with van der Waals surface area (Å²) in [5.74, 6) is -0.00870. The van der Waals surface area contributed by atoms with E-state index in [0.29, 0.717) is 26.2 Å². The fourth-order valence-corrected chi connectivity index (χ4v) is 3.31. The maximum Gasteiger partial charge on any atom is 0.242 e. The van der Waals surface area contributed by atoms with Crippen molar-refractivity contribution >= 4 is 11.8 Å². The summed E-state index contributed by atoms with van der Waals surface area (Å²) in [6.07, 6.45) is -0.106. The molecule has 1 N–H and O–H groups in total. The quantitative estimate of drug-likeness (QED) is 0.886. The van der Waals surface area contributed by atoms with Gasteiger partial charge in [0, 0.05) is 13.1 Å². The number of nitrogens with zero attached hydrogens (tertiary/aromatic N) is 2. The molecule has 6 heteroatoms. The number of aryl methyl sites for hydroxylation is 1. The third kappa shape index (κ3) is 3.60. The van der Waals surface area contributed by atoms with Crippen molar-refractivity contribution in [2.75, 3.05) is 39.3 Å². The van der Waals surface area contributed by atoms with E-state index in [4.69, 9.17) is 4.74 Å². The first-order valence-electron chi connectivity index (χ1n) is 8.51. The molecule has 1 aromatic rings. The van der Waals surface area contributed by atoms with Gasteiger partial charge in [0.2, 0.25) is 11.8 Å². The molecule has 2 atom stereocenters. The molecule has 0 aliphatic carbocycles. The number of carbonyl (C=O) groups is 2. The van der Waals surface area contributed by atoms with Crippen LogP contribution in [0, 0.1) is 6.92 Å². The topological polar surface area (TPSA) is 61.9 Å². The molecule has 2 aliphatic rings. The van der Waals surface area contributed by atoms with Crippen LogP contribution in [0.3, 0.4) is 0 Å². The normalized spacial score (nSPS) is 25.0. The second-order valence-corrected chi connectivity index (χ2v) is 6.57. The van der Waals surface area contributed by atoms with Crippen molar-refractivity contribution in [3.63, 3.8) is 0 Å². The van der Waals surface area contributed by atoms with Gasteiger partial charge in [0.1, 0.15) is 6.10 Å². The average Bonchev–Trinajstić information content (AvgIpc) is 2.58. The van der Waals surface area contributed by atoms with E-state index >= 15 is 0 Å². The first kappa shape index (κ1) is 16.9. The van der Waals surface area contributed by atoms with Gasteiger partial charge >= 0.3 is 0 Å². The average molecular weight is 331 g/mol. The van der Waals surface area contributed by atoms with Crippen LogP contribution in [0.15, 0.2) is 24.3 Å². The Balaban J connectivity index is 1.68. The molecule has 24 heavy (non-hydrogen) atoms. The van der Waals surface area contributed by atoms with Crippen molar-refractivity contribution in [1.82, 2.24) is 15.1 Å². The molecule has 0 aromatic heterocycles. The lowest BCUT2D eigenvalue weighted by atomic mass is 10.0. The lowest BCUT2D eigenvalue weighted by molar-refractivity contribution is -0.149. The smallest absolute Gasteiger partial charge is 0.242 e. The van der Waals surface area contributed by atoms with Gasteiger partial charge in [-0.2, -0.15) is 0 Å². The number of rotatable bonds is 3. The number of amides is 2. The van der Waals surface area contributed by atoms with E-state index < -0.39 is 0 Å². The zero-order chi connectivity index (χ0) is 17.1. The molecule has 1 aromatic carbocycles. The van der Waals surface area contributed by atoms with Crippen LogP contribution in [-0.2, 0) is 14.3 Å². The van der Waals surface area contributed by atoms with E-state index in [9.17, 15) is 9.59 Å². The van der Waals surface area contributed by atoms with Crippen LogP contribution in [0.2, 0.25) is 0 Å². The highest BCUT2D eigenvalue weighted by atomic mass is 16.5. The van der Waals surface area contributed by atoms with E-state index in [-0.39, 0.29) is 30.5 Å². The number of hydrogen-bond donors (Lipinski definition) is 1. The minimum absolute atomic E-state index is 0.000339. The van der Waals surface area contributed by atoms with Gasteiger partial charge in [-0.3, -0.25) is 9.59 Å². The highest BCUT2D eigenvalue weighted by Crippen LogP contribution is 2.27.